The molecule has 0 radical (unpaired) electrons. The molecule has 0 saturated carbocycles. The monoisotopic (exact) mass is 225 g/mol. The summed E-state index contributed by atoms with van der Waals surface area (Å²) in [5.41, 5.74) is 0.173. The Kier molecular flexibility index (Phi) is 2.95. The predicted octanol–water partition coefficient (Wildman–Crippen LogP) is 2.36. The quantitative estimate of drug-likeness (QED) is 0.731. The molecule has 0 aliphatic carbocycles. The van der Waals surface area contributed by atoms with Crippen LogP contribution in [0.2, 0.25) is 0 Å². The topological polar surface area (TPSA) is 20.3 Å². The maximum absolute atomic E-state index is 13.4. The molecular formula is C11H12FNOS. The van der Waals surface area contributed by atoms with Crippen LogP contribution in [0.15, 0.2) is 24.3 Å². The number of benzene rings is 1. The normalized spacial score (nSPS) is 20.7. The zero-order chi connectivity index (χ0) is 10.8. The van der Waals surface area contributed by atoms with Crippen molar-refractivity contribution < 1.29 is 9.18 Å². The van der Waals surface area contributed by atoms with Crippen molar-refractivity contribution in [2.24, 2.45) is 0 Å². The number of thioether (sulfide) groups is 1. The van der Waals surface area contributed by atoms with E-state index < -0.39 is 5.82 Å². The standard InChI is InChI=1S/C11H12FNOS/c1-8-13(6-7-15-8)11(14)9-4-2-3-5-10(9)12/h2-5,8H,6-7H2,1H3. The Morgan fingerprint density at radius 1 is 1.53 bits per heavy atom. The van der Waals surface area contributed by atoms with Crippen LogP contribution >= 0.6 is 11.8 Å². The highest BCUT2D eigenvalue weighted by molar-refractivity contribution is 8.00. The SMILES string of the molecule is CC1SCCN1C(=O)c1ccccc1F. The van der Waals surface area contributed by atoms with E-state index in [2.05, 4.69) is 0 Å². The highest BCUT2D eigenvalue weighted by Crippen LogP contribution is 2.25. The van der Waals surface area contributed by atoms with Crippen LogP contribution < -0.4 is 0 Å². The molecule has 0 aromatic heterocycles. The summed E-state index contributed by atoms with van der Waals surface area (Å²) in [5, 5.41) is 0.150. The molecule has 80 valence electrons. The molecule has 0 N–H and O–H groups in total. The van der Waals surface area contributed by atoms with E-state index >= 15 is 0 Å². The van der Waals surface area contributed by atoms with Gasteiger partial charge in [-0.2, -0.15) is 0 Å². The number of amides is 1. The van der Waals surface area contributed by atoms with E-state index in [9.17, 15) is 9.18 Å². The molecule has 2 rings (SSSR count). The lowest BCUT2D eigenvalue weighted by atomic mass is 10.2. The fraction of sp³-hybridized carbons (Fsp3) is 0.364. The van der Waals surface area contributed by atoms with E-state index in [4.69, 9.17) is 0 Å². The van der Waals surface area contributed by atoms with Crippen molar-refractivity contribution in [3.05, 3.63) is 35.6 Å². The largest absolute Gasteiger partial charge is 0.326 e. The Morgan fingerprint density at radius 3 is 2.87 bits per heavy atom. The van der Waals surface area contributed by atoms with E-state index in [1.165, 1.54) is 12.1 Å². The second-order valence-electron chi connectivity index (χ2n) is 3.45. The van der Waals surface area contributed by atoms with Gasteiger partial charge in [0.25, 0.3) is 5.91 Å². The van der Waals surface area contributed by atoms with Gasteiger partial charge in [-0.25, -0.2) is 4.39 Å². The summed E-state index contributed by atoms with van der Waals surface area (Å²) in [6, 6.07) is 6.13. The Balaban J connectivity index is 2.24. The highest BCUT2D eigenvalue weighted by Gasteiger charge is 2.27. The molecule has 1 fully saturated rings. The molecule has 1 unspecified atom stereocenters. The van der Waals surface area contributed by atoms with Gasteiger partial charge in [-0.1, -0.05) is 12.1 Å². The number of hydrogen-bond donors (Lipinski definition) is 0. The number of carbonyl (C=O) groups is 1. The molecule has 1 amide bonds. The minimum Gasteiger partial charge on any atom is -0.326 e. The highest BCUT2D eigenvalue weighted by atomic mass is 32.2. The Bertz CT molecular complexity index is 383. The first-order valence-corrected chi connectivity index (χ1v) is 5.92. The molecule has 4 heteroatoms. The van der Waals surface area contributed by atoms with Gasteiger partial charge in [0.1, 0.15) is 5.82 Å². The van der Waals surface area contributed by atoms with Crippen LogP contribution in [-0.2, 0) is 0 Å². The molecule has 1 aliphatic heterocycles. The van der Waals surface area contributed by atoms with Gasteiger partial charge in [-0.3, -0.25) is 4.79 Å². The van der Waals surface area contributed by atoms with Crippen LogP contribution in [0.5, 0.6) is 0 Å². The summed E-state index contributed by atoms with van der Waals surface area (Å²) >= 11 is 1.72. The molecule has 1 saturated heterocycles. The van der Waals surface area contributed by atoms with Crippen molar-refractivity contribution in [1.82, 2.24) is 4.90 Å². The van der Waals surface area contributed by atoms with Crippen LogP contribution in [-0.4, -0.2) is 28.5 Å². The summed E-state index contributed by atoms with van der Waals surface area (Å²) < 4.78 is 13.4. The van der Waals surface area contributed by atoms with Crippen molar-refractivity contribution in [3.63, 3.8) is 0 Å². The first kappa shape index (κ1) is 10.5. The van der Waals surface area contributed by atoms with E-state index in [0.717, 1.165) is 5.75 Å². The maximum Gasteiger partial charge on any atom is 0.257 e. The summed E-state index contributed by atoms with van der Waals surface area (Å²) in [7, 11) is 0. The Labute approximate surface area is 92.5 Å². The smallest absolute Gasteiger partial charge is 0.257 e. The molecule has 15 heavy (non-hydrogen) atoms. The Hall–Kier alpha value is -1.03. The molecule has 2 nitrogen and oxygen atoms in total. The average Bonchev–Trinajstić information content (AvgIpc) is 2.64. The summed E-state index contributed by atoms with van der Waals surface area (Å²) in [5.74, 6) is 0.290. The molecule has 0 bridgehead atoms. The summed E-state index contributed by atoms with van der Waals surface area (Å²) in [4.78, 5) is 13.7. The lowest BCUT2D eigenvalue weighted by Crippen LogP contribution is -2.33. The molecule has 1 heterocycles. The summed E-state index contributed by atoms with van der Waals surface area (Å²) in [6.45, 7) is 2.68. The third-order valence-corrected chi connectivity index (χ3v) is 3.65. The molecule has 0 spiro atoms. The summed E-state index contributed by atoms with van der Waals surface area (Å²) in [6.07, 6.45) is 0. The van der Waals surface area contributed by atoms with Gasteiger partial charge in [0, 0.05) is 12.3 Å². The van der Waals surface area contributed by atoms with Gasteiger partial charge < -0.3 is 4.90 Å². The van der Waals surface area contributed by atoms with Crippen LogP contribution in [0.4, 0.5) is 4.39 Å². The minimum atomic E-state index is -0.438. The van der Waals surface area contributed by atoms with Crippen molar-refractivity contribution in [3.8, 4) is 0 Å². The van der Waals surface area contributed by atoms with Crippen molar-refractivity contribution >= 4 is 17.7 Å². The number of carbonyl (C=O) groups excluding carboxylic acids is 1. The first-order chi connectivity index (χ1) is 7.20. The van der Waals surface area contributed by atoms with Gasteiger partial charge >= 0.3 is 0 Å². The van der Waals surface area contributed by atoms with Crippen LogP contribution in [0.1, 0.15) is 17.3 Å². The third-order valence-electron chi connectivity index (χ3n) is 2.50. The van der Waals surface area contributed by atoms with Crippen LogP contribution in [0, 0.1) is 5.82 Å². The van der Waals surface area contributed by atoms with Crippen LogP contribution in [0.3, 0.4) is 0 Å². The molecular weight excluding hydrogens is 213 g/mol. The molecule has 1 aromatic rings. The van der Waals surface area contributed by atoms with Crippen LogP contribution in [0.25, 0.3) is 0 Å². The molecule has 1 aromatic carbocycles. The lowest BCUT2D eigenvalue weighted by Gasteiger charge is -2.20. The number of nitrogens with zero attached hydrogens (tertiary/aromatic N) is 1. The molecule has 1 aliphatic rings. The second kappa shape index (κ2) is 4.23. The fourth-order valence-electron chi connectivity index (χ4n) is 1.65. The Morgan fingerprint density at radius 2 is 2.27 bits per heavy atom. The minimum absolute atomic E-state index is 0.150. The zero-order valence-corrected chi connectivity index (χ0v) is 9.26. The number of hydrogen-bond acceptors (Lipinski definition) is 2. The molecule has 1 atom stereocenters. The van der Waals surface area contributed by atoms with Gasteiger partial charge in [-0.15, -0.1) is 11.8 Å². The van der Waals surface area contributed by atoms with E-state index in [1.54, 1.807) is 28.8 Å². The van der Waals surface area contributed by atoms with Crippen molar-refractivity contribution in [2.75, 3.05) is 12.3 Å². The van der Waals surface area contributed by atoms with Gasteiger partial charge in [0.15, 0.2) is 0 Å². The average molecular weight is 225 g/mol. The third kappa shape index (κ3) is 2.00. The van der Waals surface area contributed by atoms with E-state index in [0.29, 0.717) is 6.54 Å². The number of halogens is 1. The van der Waals surface area contributed by atoms with E-state index in [-0.39, 0.29) is 16.8 Å². The van der Waals surface area contributed by atoms with Crippen molar-refractivity contribution in [2.45, 2.75) is 12.3 Å². The van der Waals surface area contributed by atoms with Gasteiger partial charge in [0.2, 0.25) is 0 Å². The number of rotatable bonds is 1. The van der Waals surface area contributed by atoms with E-state index in [1.807, 2.05) is 6.92 Å². The maximum atomic E-state index is 13.4. The second-order valence-corrected chi connectivity index (χ2v) is 4.87. The zero-order valence-electron chi connectivity index (χ0n) is 8.44. The first-order valence-electron chi connectivity index (χ1n) is 4.87. The van der Waals surface area contributed by atoms with Gasteiger partial charge in [-0.05, 0) is 19.1 Å². The predicted molar refractivity (Wildman–Crippen MR) is 59.4 cm³/mol. The van der Waals surface area contributed by atoms with Crippen molar-refractivity contribution in [1.29, 1.82) is 0 Å². The lowest BCUT2D eigenvalue weighted by molar-refractivity contribution is 0.0764. The fourth-order valence-corrected chi connectivity index (χ4v) is 2.67. The van der Waals surface area contributed by atoms with Gasteiger partial charge in [0.05, 0.1) is 10.9 Å².